The lowest BCUT2D eigenvalue weighted by molar-refractivity contribution is 0.0887. The van der Waals surface area contributed by atoms with Crippen LogP contribution in [0.5, 0.6) is 5.75 Å². The van der Waals surface area contributed by atoms with E-state index < -0.39 is 0 Å². The van der Waals surface area contributed by atoms with Crippen molar-refractivity contribution in [2.75, 3.05) is 60.2 Å². The number of nitrogens with zero attached hydrogens (tertiary/aromatic N) is 2. The van der Waals surface area contributed by atoms with E-state index in [0.717, 1.165) is 64.1 Å². The molecule has 1 aliphatic heterocycles. The first-order valence-corrected chi connectivity index (χ1v) is 9.52. The number of likely N-dealkylation sites (N-methyl/N-ethyl adjacent to an activating group) is 1. The second kappa shape index (κ2) is 12.0. The van der Waals surface area contributed by atoms with E-state index in [2.05, 4.69) is 10.3 Å². The van der Waals surface area contributed by atoms with Crippen molar-refractivity contribution in [3.63, 3.8) is 0 Å². The molecule has 1 fully saturated rings. The van der Waals surface area contributed by atoms with Gasteiger partial charge in [0.1, 0.15) is 12.4 Å². The fourth-order valence-corrected chi connectivity index (χ4v) is 2.79. The highest BCUT2D eigenvalue weighted by molar-refractivity contribution is 6.30. The quantitative estimate of drug-likeness (QED) is 0.382. The number of halogens is 1. The second-order valence-electron chi connectivity index (χ2n) is 6.36. The smallest absolute Gasteiger partial charge is 0.193 e. The van der Waals surface area contributed by atoms with Crippen molar-refractivity contribution in [2.45, 2.75) is 12.8 Å². The molecule has 1 aromatic carbocycles. The van der Waals surface area contributed by atoms with E-state index >= 15 is 0 Å². The monoisotopic (exact) mass is 383 g/mol. The number of ether oxygens (including phenoxy) is 3. The molecule has 1 unspecified atom stereocenters. The average Bonchev–Trinajstić information content (AvgIpc) is 3.16. The van der Waals surface area contributed by atoms with Crippen LogP contribution in [0, 0.1) is 5.92 Å². The minimum Gasteiger partial charge on any atom is -0.492 e. The molecule has 0 radical (unpaired) electrons. The van der Waals surface area contributed by atoms with Gasteiger partial charge in [-0.2, -0.15) is 0 Å². The largest absolute Gasteiger partial charge is 0.492 e. The van der Waals surface area contributed by atoms with Crippen LogP contribution >= 0.6 is 11.6 Å². The number of guanidine groups is 1. The summed E-state index contributed by atoms with van der Waals surface area (Å²) in [5.41, 5.74) is 0. The molecule has 0 saturated carbocycles. The van der Waals surface area contributed by atoms with E-state index in [1.165, 1.54) is 0 Å². The molecule has 0 aliphatic carbocycles. The molecule has 1 aliphatic rings. The van der Waals surface area contributed by atoms with E-state index in [9.17, 15) is 0 Å². The van der Waals surface area contributed by atoms with Crippen molar-refractivity contribution >= 4 is 17.6 Å². The van der Waals surface area contributed by atoms with Crippen molar-refractivity contribution in [3.05, 3.63) is 29.3 Å². The van der Waals surface area contributed by atoms with Crippen molar-refractivity contribution in [1.29, 1.82) is 0 Å². The van der Waals surface area contributed by atoms with Gasteiger partial charge in [-0.25, -0.2) is 0 Å². The minimum absolute atomic E-state index is 0.572. The normalized spacial score (nSPS) is 17.3. The van der Waals surface area contributed by atoms with Gasteiger partial charge in [-0.05, 0) is 37.1 Å². The number of rotatable bonds is 10. The molecular formula is C19H30ClN3O3. The Kier molecular flexibility index (Phi) is 9.60. The van der Waals surface area contributed by atoms with E-state index in [4.69, 9.17) is 25.8 Å². The van der Waals surface area contributed by atoms with Gasteiger partial charge < -0.3 is 24.4 Å². The molecule has 6 nitrogen and oxygen atoms in total. The van der Waals surface area contributed by atoms with E-state index in [1.807, 2.05) is 36.2 Å². The van der Waals surface area contributed by atoms with E-state index in [0.29, 0.717) is 17.5 Å². The van der Waals surface area contributed by atoms with Crippen LogP contribution in [0.15, 0.2) is 29.3 Å². The lowest BCUT2D eigenvalue weighted by atomic mass is 10.1. The Hall–Kier alpha value is -1.50. The molecule has 7 heteroatoms. The van der Waals surface area contributed by atoms with Crippen LogP contribution in [0.2, 0.25) is 5.02 Å². The molecule has 1 N–H and O–H groups in total. The highest BCUT2D eigenvalue weighted by Gasteiger charge is 2.15. The molecule has 2 rings (SSSR count). The zero-order valence-corrected chi connectivity index (χ0v) is 16.5. The zero-order chi connectivity index (χ0) is 18.6. The summed E-state index contributed by atoms with van der Waals surface area (Å²) >= 11 is 5.87. The molecular weight excluding hydrogens is 354 g/mol. The number of aliphatic imine (C=N–C) groups is 1. The molecule has 1 atom stereocenters. The molecule has 1 heterocycles. The molecule has 0 spiro atoms. The van der Waals surface area contributed by atoms with Gasteiger partial charge in [0, 0.05) is 44.8 Å². The first kappa shape index (κ1) is 20.8. The van der Waals surface area contributed by atoms with Crippen LogP contribution in [0.4, 0.5) is 0 Å². The molecule has 1 aromatic rings. The van der Waals surface area contributed by atoms with Crippen LogP contribution in [0.3, 0.4) is 0 Å². The highest BCUT2D eigenvalue weighted by Crippen LogP contribution is 2.15. The molecule has 26 heavy (non-hydrogen) atoms. The van der Waals surface area contributed by atoms with Crippen LogP contribution < -0.4 is 10.1 Å². The van der Waals surface area contributed by atoms with Crippen molar-refractivity contribution < 1.29 is 14.2 Å². The van der Waals surface area contributed by atoms with Crippen molar-refractivity contribution in [1.82, 2.24) is 10.2 Å². The van der Waals surface area contributed by atoms with Gasteiger partial charge in [0.2, 0.25) is 0 Å². The van der Waals surface area contributed by atoms with Gasteiger partial charge in [-0.3, -0.25) is 4.99 Å². The van der Waals surface area contributed by atoms with Gasteiger partial charge in [0.05, 0.1) is 19.8 Å². The van der Waals surface area contributed by atoms with Crippen LogP contribution in [0.1, 0.15) is 12.8 Å². The Morgan fingerprint density at radius 2 is 2.15 bits per heavy atom. The molecule has 1 saturated heterocycles. The van der Waals surface area contributed by atoms with Gasteiger partial charge in [-0.15, -0.1) is 0 Å². The summed E-state index contributed by atoms with van der Waals surface area (Å²) in [4.78, 5) is 6.36. The van der Waals surface area contributed by atoms with E-state index in [-0.39, 0.29) is 0 Å². The van der Waals surface area contributed by atoms with Crippen LogP contribution in [-0.2, 0) is 9.47 Å². The zero-order valence-electron chi connectivity index (χ0n) is 15.7. The molecule has 0 bridgehead atoms. The summed E-state index contributed by atoms with van der Waals surface area (Å²) in [7, 11) is 3.78. The number of nitrogens with one attached hydrogen (secondary N) is 1. The molecule has 0 amide bonds. The Morgan fingerprint density at radius 1 is 1.35 bits per heavy atom. The fraction of sp³-hybridized carbons (Fsp3) is 0.632. The predicted octanol–water partition coefficient (Wildman–Crippen LogP) is 2.67. The molecule has 146 valence electrons. The van der Waals surface area contributed by atoms with Crippen molar-refractivity contribution in [3.8, 4) is 5.75 Å². The lowest BCUT2D eigenvalue weighted by Crippen LogP contribution is -2.41. The van der Waals surface area contributed by atoms with Crippen LogP contribution in [0.25, 0.3) is 0 Å². The van der Waals surface area contributed by atoms with Crippen molar-refractivity contribution in [2.24, 2.45) is 10.9 Å². The second-order valence-corrected chi connectivity index (χ2v) is 6.79. The number of hydrogen-bond acceptors (Lipinski definition) is 4. The topological polar surface area (TPSA) is 55.3 Å². The Labute approximate surface area is 161 Å². The third kappa shape index (κ3) is 7.81. The minimum atomic E-state index is 0.572. The summed E-state index contributed by atoms with van der Waals surface area (Å²) in [5, 5.41) is 4.06. The maximum absolute atomic E-state index is 5.87. The maximum atomic E-state index is 5.87. The van der Waals surface area contributed by atoms with E-state index in [1.54, 1.807) is 7.05 Å². The van der Waals surface area contributed by atoms with Gasteiger partial charge in [0.15, 0.2) is 5.96 Å². The number of benzene rings is 1. The van der Waals surface area contributed by atoms with Gasteiger partial charge in [-0.1, -0.05) is 11.6 Å². The lowest BCUT2D eigenvalue weighted by Gasteiger charge is -2.22. The third-order valence-corrected chi connectivity index (χ3v) is 4.46. The molecule has 0 aromatic heterocycles. The summed E-state index contributed by atoms with van der Waals surface area (Å²) < 4.78 is 16.8. The Balaban J connectivity index is 1.54. The third-order valence-electron chi connectivity index (χ3n) is 4.21. The maximum Gasteiger partial charge on any atom is 0.193 e. The van der Waals surface area contributed by atoms with Gasteiger partial charge >= 0.3 is 0 Å². The Bertz CT molecular complexity index is 533. The summed E-state index contributed by atoms with van der Waals surface area (Å²) in [6.45, 7) is 5.41. The summed E-state index contributed by atoms with van der Waals surface area (Å²) in [6, 6.07) is 7.38. The first-order valence-electron chi connectivity index (χ1n) is 9.14. The standard InChI is InChI=1S/C19H30ClN3O3/c1-21-19(22-9-3-11-24-14-16-8-12-25-15-16)23(2)10-13-26-18-6-4-17(20)5-7-18/h4-7,16H,3,8-15H2,1-2H3,(H,21,22). The van der Waals surface area contributed by atoms with Gasteiger partial charge in [0.25, 0.3) is 0 Å². The summed E-state index contributed by atoms with van der Waals surface area (Å²) in [6.07, 6.45) is 2.06. The average molecular weight is 384 g/mol. The predicted molar refractivity (Wildman–Crippen MR) is 105 cm³/mol. The fourth-order valence-electron chi connectivity index (χ4n) is 2.66. The Morgan fingerprint density at radius 3 is 2.85 bits per heavy atom. The highest BCUT2D eigenvalue weighted by atomic mass is 35.5. The van der Waals surface area contributed by atoms with Crippen LogP contribution in [-0.4, -0.2) is 71.1 Å². The SMILES string of the molecule is CN=C(NCCCOCC1CCOC1)N(C)CCOc1ccc(Cl)cc1. The first-order chi connectivity index (χ1) is 12.7. The number of hydrogen-bond donors (Lipinski definition) is 1. The summed E-state index contributed by atoms with van der Waals surface area (Å²) in [5.74, 6) is 2.24.